The predicted octanol–water partition coefficient (Wildman–Crippen LogP) is 2.73. The average Bonchev–Trinajstić information content (AvgIpc) is 2.86. The van der Waals surface area contributed by atoms with Gasteiger partial charge in [0.2, 0.25) is 11.9 Å². The molecule has 3 aromatic rings. The van der Waals surface area contributed by atoms with Crippen molar-refractivity contribution in [1.82, 2.24) is 19.8 Å². The lowest BCUT2D eigenvalue weighted by Crippen LogP contribution is -2.36. The molecule has 4 rings (SSSR count). The summed E-state index contributed by atoms with van der Waals surface area (Å²) in [7, 11) is 1.62. The summed E-state index contributed by atoms with van der Waals surface area (Å²) in [4.78, 5) is 37.9. The first-order valence-electron chi connectivity index (χ1n) is 11.9. The molecular formula is C26H30BN6O2. The molecule has 3 N–H and O–H groups in total. The molecule has 1 aliphatic rings. The Labute approximate surface area is 206 Å². The number of benzene rings is 1. The number of anilines is 2. The molecule has 0 spiro atoms. The Bertz CT molecular complexity index is 1160. The van der Waals surface area contributed by atoms with E-state index in [1.54, 1.807) is 7.41 Å². The van der Waals surface area contributed by atoms with Gasteiger partial charge in [-0.15, -0.1) is 0 Å². The number of carbonyl (C=O) groups is 2. The second-order valence-corrected chi connectivity index (χ2v) is 8.93. The molecule has 1 saturated heterocycles. The first kappa shape index (κ1) is 24.5. The number of nitrogens with two attached hydrogens (primary N) is 1. The van der Waals surface area contributed by atoms with Gasteiger partial charge in [0.1, 0.15) is 0 Å². The molecule has 0 saturated carbocycles. The van der Waals surface area contributed by atoms with Gasteiger partial charge in [-0.1, -0.05) is 24.3 Å². The lowest BCUT2D eigenvalue weighted by atomic mass is 9.86. The summed E-state index contributed by atoms with van der Waals surface area (Å²) in [5.41, 5.74) is 11.4. The minimum Gasteiger partial charge on any atom is -0.369 e. The van der Waals surface area contributed by atoms with Crippen molar-refractivity contribution in [2.45, 2.75) is 44.9 Å². The molecular weight excluding hydrogens is 439 g/mol. The molecule has 0 aliphatic carbocycles. The number of amides is 1. The molecule has 0 bridgehead atoms. The minimum absolute atomic E-state index is 0.241. The van der Waals surface area contributed by atoms with Crippen molar-refractivity contribution in [1.29, 1.82) is 0 Å². The number of carbonyl (C=O) groups excluding carboxylic acids is 2. The number of piperidine rings is 1. The van der Waals surface area contributed by atoms with Gasteiger partial charge in [0.15, 0.2) is 0 Å². The number of hydrogen-bond acceptors (Lipinski definition) is 7. The molecule has 0 unspecified atom stereocenters. The molecule has 2 aromatic heterocycles. The van der Waals surface area contributed by atoms with E-state index < -0.39 is 0 Å². The number of nitrogens with zero attached hydrogens (tertiary/aromatic N) is 4. The fraction of sp³-hybridized carbons (Fsp3) is 0.346. The second kappa shape index (κ2) is 11.7. The maximum atomic E-state index is 11.4. The molecule has 1 radical (unpaired) electrons. The lowest BCUT2D eigenvalue weighted by Gasteiger charge is -2.30. The van der Waals surface area contributed by atoms with Crippen molar-refractivity contribution < 1.29 is 9.59 Å². The smallest absolute Gasteiger partial charge is 0.293 e. The van der Waals surface area contributed by atoms with Gasteiger partial charge < -0.3 is 20.7 Å². The van der Waals surface area contributed by atoms with Gasteiger partial charge in [0.05, 0.1) is 24.5 Å². The number of aromatic nitrogens is 3. The van der Waals surface area contributed by atoms with Gasteiger partial charge in [0.25, 0.3) is 7.41 Å². The van der Waals surface area contributed by atoms with Gasteiger partial charge in [-0.3, -0.25) is 9.78 Å². The van der Waals surface area contributed by atoms with E-state index in [0.717, 1.165) is 78.7 Å². The predicted molar refractivity (Wildman–Crippen MR) is 137 cm³/mol. The molecule has 3 heterocycles. The highest BCUT2D eigenvalue weighted by molar-refractivity contribution is 6.64. The molecule has 9 heteroatoms. The molecule has 1 fully saturated rings. The van der Waals surface area contributed by atoms with Crippen LogP contribution in [0.4, 0.5) is 11.6 Å². The zero-order valence-electron chi connectivity index (χ0n) is 20.0. The Morgan fingerprint density at radius 3 is 2.57 bits per heavy atom. The van der Waals surface area contributed by atoms with Gasteiger partial charge in [-0.2, -0.15) is 0 Å². The topological polar surface area (TPSA) is 114 Å². The molecule has 1 aromatic carbocycles. The Morgan fingerprint density at radius 1 is 1.11 bits per heavy atom. The third-order valence-electron chi connectivity index (χ3n) is 6.45. The van der Waals surface area contributed by atoms with E-state index in [0.29, 0.717) is 11.9 Å². The van der Waals surface area contributed by atoms with Crippen molar-refractivity contribution in [3.05, 3.63) is 76.9 Å². The van der Waals surface area contributed by atoms with Crippen LogP contribution in [0.5, 0.6) is 0 Å². The third-order valence-corrected chi connectivity index (χ3v) is 6.45. The van der Waals surface area contributed by atoms with Crippen LogP contribution in [0.3, 0.4) is 0 Å². The highest BCUT2D eigenvalue weighted by Gasteiger charge is 2.21. The summed E-state index contributed by atoms with van der Waals surface area (Å²) in [6, 6.07) is 11.9. The lowest BCUT2D eigenvalue weighted by molar-refractivity contribution is -0.117. The number of pyridine rings is 1. The summed E-state index contributed by atoms with van der Waals surface area (Å²) in [6.45, 7) is 3.75. The Balaban J connectivity index is 1.38. The van der Waals surface area contributed by atoms with E-state index in [2.05, 4.69) is 26.2 Å². The molecule has 35 heavy (non-hydrogen) atoms. The average molecular weight is 469 g/mol. The summed E-state index contributed by atoms with van der Waals surface area (Å²) >= 11 is 0. The standard InChI is InChI=1S/C26H30BN6O2/c1-18-15-30-26(32-23(18)8-6-19-4-2-3-5-21(19)14-25(28)35)31-22-7-9-24(29-16-22)20-10-12-33(13-11-20)27-17-34/h2-5,7,9,15-17,20H,6,8,10-14H2,1H3,(H2,28,35)(H,30,31,32). The van der Waals surface area contributed by atoms with Crippen LogP contribution in [0.15, 0.2) is 48.8 Å². The Hall–Kier alpha value is -3.59. The highest BCUT2D eigenvalue weighted by atomic mass is 16.1. The Kier molecular flexibility index (Phi) is 8.21. The summed E-state index contributed by atoms with van der Waals surface area (Å²) in [5.74, 6) is 0.604. The molecule has 0 atom stereocenters. The van der Waals surface area contributed by atoms with Crippen LogP contribution in [0.1, 0.15) is 46.8 Å². The second-order valence-electron chi connectivity index (χ2n) is 8.93. The number of rotatable bonds is 10. The van der Waals surface area contributed by atoms with E-state index in [1.807, 2.05) is 49.6 Å². The van der Waals surface area contributed by atoms with Crippen LogP contribution >= 0.6 is 0 Å². The van der Waals surface area contributed by atoms with Crippen LogP contribution in [0.2, 0.25) is 0 Å². The third kappa shape index (κ3) is 6.73. The first-order chi connectivity index (χ1) is 17.0. The van der Waals surface area contributed by atoms with Gasteiger partial charge in [0, 0.05) is 23.5 Å². The number of primary amides is 1. The van der Waals surface area contributed by atoms with Crippen LogP contribution < -0.4 is 11.1 Å². The SMILES string of the molecule is Cc1cnc(Nc2ccc(C3CCN([B]C=O)CC3)nc2)nc1CCc1ccccc1CC(N)=O. The number of aryl methyl sites for hydroxylation is 3. The first-order valence-corrected chi connectivity index (χ1v) is 11.9. The van der Waals surface area contributed by atoms with Gasteiger partial charge >= 0.3 is 0 Å². The van der Waals surface area contributed by atoms with E-state index in [-0.39, 0.29) is 12.3 Å². The van der Waals surface area contributed by atoms with E-state index in [4.69, 9.17) is 10.7 Å². The fourth-order valence-corrected chi connectivity index (χ4v) is 4.49. The van der Waals surface area contributed by atoms with Gasteiger partial charge in [-0.05, 0) is 74.5 Å². The van der Waals surface area contributed by atoms with Crippen molar-refractivity contribution in [3.8, 4) is 0 Å². The molecule has 1 aliphatic heterocycles. The highest BCUT2D eigenvalue weighted by Crippen LogP contribution is 2.27. The zero-order chi connectivity index (χ0) is 24.6. The van der Waals surface area contributed by atoms with Crippen LogP contribution in [-0.2, 0) is 28.9 Å². The summed E-state index contributed by atoms with van der Waals surface area (Å²) < 4.78 is 0. The minimum atomic E-state index is -0.330. The quantitative estimate of drug-likeness (QED) is 0.347. The summed E-state index contributed by atoms with van der Waals surface area (Å²) in [6.07, 6.45) is 8.20. The van der Waals surface area contributed by atoms with Crippen LogP contribution in [0, 0.1) is 6.92 Å². The number of nitrogens with one attached hydrogen (secondary N) is 1. The van der Waals surface area contributed by atoms with Crippen molar-refractivity contribution in [2.75, 3.05) is 18.4 Å². The van der Waals surface area contributed by atoms with Crippen molar-refractivity contribution in [3.63, 3.8) is 0 Å². The van der Waals surface area contributed by atoms with Crippen LogP contribution in [-0.4, -0.2) is 52.4 Å². The zero-order valence-corrected chi connectivity index (χ0v) is 20.0. The van der Waals surface area contributed by atoms with E-state index in [1.165, 1.54) is 0 Å². The maximum Gasteiger partial charge on any atom is 0.293 e. The van der Waals surface area contributed by atoms with E-state index in [9.17, 15) is 9.59 Å². The van der Waals surface area contributed by atoms with E-state index >= 15 is 0 Å². The normalized spacial score (nSPS) is 14.4. The fourth-order valence-electron chi connectivity index (χ4n) is 4.49. The molecule has 179 valence electrons. The monoisotopic (exact) mass is 469 g/mol. The van der Waals surface area contributed by atoms with Crippen LogP contribution in [0.25, 0.3) is 0 Å². The van der Waals surface area contributed by atoms with Crippen molar-refractivity contribution >= 4 is 31.1 Å². The molecule has 8 nitrogen and oxygen atoms in total. The largest absolute Gasteiger partial charge is 0.369 e. The maximum absolute atomic E-state index is 11.4. The van der Waals surface area contributed by atoms with Gasteiger partial charge in [-0.25, -0.2) is 9.97 Å². The number of hydrogen-bond donors (Lipinski definition) is 2. The summed E-state index contributed by atoms with van der Waals surface area (Å²) in [5, 5.41) is 3.26. The Morgan fingerprint density at radius 2 is 1.89 bits per heavy atom. The van der Waals surface area contributed by atoms with Crippen molar-refractivity contribution in [2.24, 2.45) is 5.73 Å². The molecule has 1 amide bonds.